The third-order valence-corrected chi connectivity index (χ3v) is 6.61. The molecule has 0 spiro atoms. The number of fused-ring (bicyclic) bond motifs is 1. The number of anilines is 1. The number of thiazole rings is 1. The van der Waals surface area contributed by atoms with E-state index in [0.717, 1.165) is 48.6 Å². The number of nitrogens with zero attached hydrogens (tertiary/aromatic N) is 3. The minimum absolute atomic E-state index is 0.0459. The average molecular weight is 446 g/mol. The number of para-hydroxylation sites is 1. The minimum atomic E-state index is -0.125. The van der Waals surface area contributed by atoms with Gasteiger partial charge in [0.1, 0.15) is 5.75 Å². The lowest BCUT2D eigenvalue weighted by Crippen LogP contribution is -2.44. The maximum absolute atomic E-state index is 13.1. The molecule has 2 heterocycles. The summed E-state index contributed by atoms with van der Waals surface area (Å²) in [5.41, 5.74) is 1.88. The predicted octanol–water partition coefficient (Wildman–Crippen LogP) is 4.00. The van der Waals surface area contributed by atoms with Crippen molar-refractivity contribution in [3.05, 3.63) is 53.1 Å². The van der Waals surface area contributed by atoms with Gasteiger partial charge >= 0.3 is 0 Å². The topological polar surface area (TPSA) is 54.9 Å². The molecule has 0 bridgehead atoms. The third-order valence-electron chi connectivity index (χ3n) is 5.07. The Morgan fingerprint density at radius 1 is 1.23 bits per heavy atom. The molecule has 1 fully saturated rings. The van der Waals surface area contributed by atoms with E-state index in [0.29, 0.717) is 22.4 Å². The van der Waals surface area contributed by atoms with Gasteiger partial charge in [0.05, 0.1) is 28.5 Å². The molecule has 30 heavy (non-hydrogen) atoms. The van der Waals surface area contributed by atoms with Crippen molar-refractivity contribution < 1.29 is 14.3 Å². The number of benzene rings is 2. The van der Waals surface area contributed by atoms with Crippen LogP contribution in [0, 0.1) is 6.92 Å². The number of halogens is 1. The number of hydrogen-bond donors (Lipinski definition) is 0. The molecule has 3 aromatic rings. The van der Waals surface area contributed by atoms with Crippen molar-refractivity contribution in [3.8, 4) is 5.75 Å². The van der Waals surface area contributed by atoms with Crippen molar-refractivity contribution in [2.75, 3.05) is 50.9 Å². The molecule has 4 rings (SSSR count). The fraction of sp³-hybridized carbons (Fsp3) is 0.364. The van der Waals surface area contributed by atoms with Gasteiger partial charge in [0.15, 0.2) is 11.7 Å². The molecule has 1 aliphatic heterocycles. The van der Waals surface area contributed by atoms with Gasteiger partial charge in [-0.05, 0) is 30.7 Å². The van der Waals surface area contributed by atoms with Crippen LogP contribution in [0.5, 0.6) is 5.75 Å². The van der Waals surface area contributed by atoms with Crippen LogP contribution >= 0.6 is 22.9 Å². The second-order valence-corrected chi connectivity index (χ2v) is 8.52. The summed E-state index contributed by atoms with van der Waals surface area (Å²) < 4.78 is 12.0. The standard InChI is InChI=1S/C22H24ClN3O3S/c1-16-7-8-18(23)21-20(16)24-22(30-21)26(10-9-25-11-13-28-14-12-25)19(27)15-29-17-5-3-2-4-6-17/h2-8H,9-15H2,1H3. The van der Waals surface area contributed by atoms with Crippen LogP contribution in [0.15, 0.2) is 42.5 Å². The zero-order valence-corrected chi connectivity index (χ0v) is 18.4. The first kappa shape index (κ1) is 21.1. The Labute approximate surface area is 185 Å². The highest BCUT2D eigenvalue weighted by atomic mass is 35.5. The number of aromatic nitrogens is 1. The molecule has 0 saturated carbocycles. The number of carbonyl (C=O) groups excluding carboxylic acids is 1. The smallest absolute Gasteiger partial charge is 0.266 e. The van der Waals surface area contributed by atoms with Crippen molar-refractivity contribution in [3.63, 3.8) is 0 Å². The SMILES string of the molecule is Cc1ccc(Cl)c2sc(N(CCN3CCOCC3)C(=O)COc3ccccc3)nc12. The maximum atomic E-state index is 13.1. The van der Waals surface area contributed by atoms with E-state index < -0.39 is 0 Å². The first-order chi connectivity index (χ1) is 14.6. The molecule has 1 amide bonds. The zero-order valence-electron chi connectivity index (χ0n) is 16.8. The Morgan fingerprint density at radius 2 is 2.00 bits per heavy atom. The van der Waals surface area contributed by atoms with E-state index >= 15 is 0 Å². The quantitative estimate of drug-likeness (QED) is 0.550. The van der Waals surface area contributed by atoms with Crippen LogP contribution in [0.1, 0.15) is 5.56 Å². The first-order valence-electron chi connectivity index (χ1n) is 9.96. The lowest BCUT2D eigenvalue weighted by molar-refractivity contribution is -0.120. The maximum Gasteiger partial charge on any atom is 0.266 e. The summed E-state index contributed by atoms with van der Waals surface area (Å²) in [4.78, 5) is 21.9. The molecule has 0 atom stereocenters. The van der Waals surface area contributed by atoms with Crippen LogP contribution in [0.25, 0.3) is 10.2 Å². The van der Waals surface area contributed by atoms with Gasteiger partial charge in [-0.3, -0.25) is 14.6 Å². The van der Waals surface area contributed by atoms with Gasteiger partial charge in [0.2, 0.25) is 0 Å². The van der Waals surface area contributed by atoms with Crippen molar-refractivity contribution >= 4 is 44.2 Å². The summed E-state index contributed by atoms with van der Waals surface area (Å²) in [7, 11) is 0. The summed E-state index contributed by atoms with van der Waals surface area (Å²) in [6, 6.07) is 13.2. The normalized spacial score (nSPS) is 14.7. The van der Waals surface area contributed by atoms with Crippen LogP contribution in [-0.2, 0) is 9.53 Å². The van der Waals surface area contributed by atoms with Gasteiger partial charge in [0.25, 0.3) is 5.91 Å². The first-order valence-corrected chi connectivity index (χ1v) is 11.2. The van der Waals surface area contributed by atoms with E-state index in [9.17, 15) is 4.79 Å². The molecule has 2 aromatic carbocycles. The molecular weight excluding hydrogens is 422 g/mol. The van der Waals surface area contributed by atoms with Crippen molar-refractivity contribution in [2.45, 2.75) is 6.92 Å². The predicted molar refractivity (Wildman–Crippen MR) is 121 cm³/mol. The number of amides is 1. The molecule has 0 radical (unpaired) electrons. The highest BCUT2D eigenvalue weighted by Gasteiger charge is 2.23. The van der Waals surface area contributed by atoms with E-state index in [1.54, 1.807) is 4.90 Å². The molecule has 1 aliphatic rings. The van der Waals surface area contributed by atoms with Gasteiger partial charge in [-0.15, -0.1) is 0 Å². The molecule has 6 nitrogen and oxygen atoms in total. The molecule has 0 N–H and O–H groups in total. The summed E-state index contributed by atoms with van der Waals surface area (Å²) >= 11 is 7.83. The fourth-order valence-electron chi connectivity index (χ4n) is 3.34. The van der Waals surface area contributed by atoms with Crippen molar-refractivity contribution in [2.24, 2.45) is 0 Å². The van der Waals surface area contributed by atoms with Crippen LogP contribution in [-0.4, -0.2) is 61.8 Å². The Bertz CT molecular complexity index is 967. The second kappa shape index (κ2) is 9.75. The molecule has 0 aliphatic carbocycles. The number of rotatable bonds is 7. The summed E-state index contributed by atoms with van der Waals surface area (Å²) in [5, 5.41) is 1.30. The Kier molecular flexibility index (Phi) is 6.84. The van der Waals surface area contributed by atoms with Gasteiger partial charge in [-0.25, -0.2) is 4.98 Å². The van der Waals surface area contributed by atoms with Crippen molar-refractivity contribution in [1.29, 1.82) is 0 Å². The molecule has 1 aromatic heterocycles. The minimum Gasteiger partial charge on any atom is -0.484 e. The third kappa shape index (κ3) is 4.92. The van der Waals surface area contributed by atoms with Gasteiger partial charge in [0, 0.05) is 26.2 Å². The number of aryl methyl sites for hydroxylation is 1. The monoisotopic (exact) mass is 445 g/mol. The van der Waals surface area contributed by atoms with Crippen LogP contribution in [0.2, 0.25) is 5.02 Å². The highest BCUT2D eigenvalue weighted by Crippen LogP contribution is 2.35. The van der Waals surface area contributed by atoms with Crippen LogP contribution in [0.4, 0.5) is 5.13 Å². The number of morpholine rings is 1. The number of hydrogen-bond acceptors (Lipinski definition) is 6. The molecular formula is C22H24ClN3O3S. The average Bonchev–Trinajstić information content (AvgIpc) is 3.23. The Balaban J connectivity index is 1.55. The summed E-state index contributed by atoms with van der Waals surface area (Å²) in [6.07, 6.45) is 0. The number of ether oxygens (including phenoxy) is 2. The van der Waals surface area contributed by atoms with Crippen LogP contribution < -0.4 is 9.64 Å². The lowest BCUT2D eigenvalue weighted by atomic mass is 10.2. The van der Waals surface area contributed by atoms with E-state index in [2.05, 4.69) is 4.90 Å². The Morgan fingerprint density at radius 3 is 2.73 bits per heavy atom. The van der Waals surface area contributed by atoms with E-state index in [4.69, 9.17) is 26.1 Å². The molecule has 0 unspecified atom stereocenters. The highest BCUT2D eigenvalue weighted by molar-refractivity contribution is 7.23. The van der Waals surface area contributed by atoms with Crippen LogP contribution in [0.3, 0.4) is 0 Å². The second-order valence-electron chi connectivity index (χ2n) is 7.14. The molecule has 8 heteroatoms. The van der Waals surface area contributed by atoms with E-state index in [1.165, 1.54) is 11.3 Å². The van der Waals surface area contributed by atoms with E-state index in [-0.39, 0.29) is 12.5 Å². The van der Waals surface area contributed by atoms with Gasteiger partial charge in [-0.1, -0.05) is 47.2 Å². The Hall–Kier alpha value is -2.19. The largest absolute Gasteiger partial charge is 0.484 e. The molecule has 158 valence electrons. The van der Waals surface area contributed by atoms with Gasteiger partial charge < -0.3 is 9.47 Å². The summed E-state index contributed by atoms with van der Waals surface area (Å²) in [5.74, 6) is 0.544. The van der Waals surface area contributed by atoms with Gasteiger partial charge in [-0.2, -0.15) is 0 Å². The zero-order chi connectivity index (χ0) is 20.9. The number of carbonyl (C=O) groups is 1. The fourth-order valence-corrected chi connectivity index (χ4v) is 4.70. The summed E-state index contributed by atoms with van der Waals surface area (Å²) in [6.45, 7) is 6.43. The van der Waals surface area contributed by atoms with Crippen molar-refractivity contribution in [1.82, 2.24) is 9.88 Å². The molecule has 1 saturated heterocycles. The lowest BCUT2D eigenvalue weighted by Gasteiger charge is -2.29. The van der Waals surface area contributed by atoms with E-state index in [1.807, 2.05) is 49.4 Å².